The molecular weight excluding hydrogens is 378 g/mol. The van der Waals surface area contributed by atoms with Gasteiger partial charge in [-0.05, 0) is 69.6 Å². The largest absolute Gasteiger partial charge is 0.352 e. The number of nitrogens with one attached hydrogen (secondary N) is 1. The van der Waals surface area contributed by atoms with Crippen LogP contribution in [0.3, 0.4) is 0 Å². The van der Waals surface area contributed by atoms with E-state index < -0.39 is 0 Å². The first-order valence-corrected chi connectivity index (χ1v) is 10.3. The standard InChI is InChI=1S/C23H27N5S/c1-17-12-13-20(28(17)18-9-5-4-6-10-18)22-21(19-11-7-8-14-24-19)25-23(29)27(22)16-15-26(2)3/h4-14,21-22H,15-16H2,1-3H3,(H,25,29)/t21-,22-/m0/s1. The molecule has 0 unspecified atom stereocenters. The highest BCUT2D eigenvalue weighted by Crippen LogP contribution is 2.40. The number of rotatable bonds is 6. The quantitative estimate of drug-likeness (QED) is 0.633. The zero-order valence-corrected chi connectivity index (χ0v) is 17.9. The molecule has 5 nitrogen and oxygen atoms in total. The van der Waals surface area contributed by atoms with Crippen LogP contribution in [0.15, 0.2) is 66.9 Å². The van der Waals surface area contributed by atoms with Crippen LogP contribution in [-0.4, -0.2) is 51.6 Å². The molecule has 0 aliphatic carbocycles. The maximum Gasteiger partial charge on any atom is 0.170 e. The number of aryl methyl sites for hydroxylation is 1. The van der Waals surface area contributed by atoms with Crippen LogP contribution in [0.2, 0.25) is 0 Å². The molecule has 1 aromatic carbocycles. The van der Waals surface area contributed by atoms with E-state index in [4.69, 9.17) is 12.2 Å². The van der Waals surface area contributed by atoms with E-state index in [1.807, 2.05) is 24.4 Å². The van der Waals surface area contributed by atoms with Crippen LogP contribution in [0.1, 0.15) is 29.2 Å². The summed E-state index contributed by atoms with van der Waals surface area (Å²) >= 11 is 5.77. The molecule has 0 bridgehead atoms. The number of pyridine rings is 1. The topological polar surface area (TPSA) is 36.3 Å². The van der Waals surface area contributed by atoms with Crippen LogP contribution in [0.4, 0.5) is 0 Å². The van der Waals surface area contributed by atoms with Gasteiger partial charge in [-0.3, -0.25) is 4.98 Å². The van der Waals surface area contributed by atoms with Crippen molar-refractivity contribution in [3.63, 3.8) is 0 Å². The Morgan fingerprint density at radius 3 is 2.48 bits per heavy atom. The number of hydrogen-bond acceptors (Lipinski definition) is 3. The van der Waals surface area contributed by atoms with E-state index in [0.29, 0.717) is 0 Å². The van der Waals surface area contributed by atoms with E-state index in [2.05, 4.69) is 88.2 Å². The van der Waals surface area contributed by atoms with Crippen molar-refractivity contribution in [3.05, 3.63) is 83.9 Å². The van der Waals surface area contributed by atoms with Gasteiger partial charge in [0.05, 0.1) is 17.8 Å². The number of hydrogen-bond donors (Lipinski definition) is 1. The molecule has 4 rings (SSSR count). The Kier molecular flexibility index (Phi) is 5.65. The lowest BCUT2D eigenvalue weighted by atomic mass is 10.0. The predicted octanol–water partition coefficient (Wildman–Crippen LogP) is 3.71. The second-order valence-corrected chi connectivity index (χ2v) is 8.08. The molecular formula is C23H27N5S. The zero-order chi connectivity index (χ0) is 20.4. The van der Waals surface area contributed by atoms with Crippen molar-refractivity contribution in [2.75, 3.05) is 27.2 Å². The molecule has 3 heterocycles. The Balaban J connectivity index is 1.81. The van der Waals surface area contributed by atoms with Gasteiger partial charge in [0, 0.05) is 36.4 Å². The number of thiocarbonyl (C=S) groups is 1. The van der Waals surface area contributed by atoms with Crippen molar-refractivity contribution in [2.45, 2.75) is 19.0 Å². The summed E-state index contributed by atoms with van der Waals surface area (Å²) in [5, 5.41) is 4.33. The van der Waals surface area contributed by atoms with Crippen LogP contribution >= 0.6 is 12.2 Å². The zero-order valence-electron chi connectivity index (χ0n) is 17.1. The van der Waals surface area contributed by atoms with Crippen molar-refractivity contribution in [1.29, 1.82) is 0 Å². The van der Waals surface area contributed by atoms with Gasteiger partial charge in [0.25, 0.3) is 0 Å². The van der Waals surface area contributed by atoms with Crippen molar-refractivity contribution in [1.82, 2.24) is 24.7 Å². The summed E-state index contributed by atoms with van der Waals surface area (Å²) in [6, 6.07) is 21.0. The number of aromatic nitrogens is 2. The third kappa shape index (κ3) is 3.91. The van der Waals surface area contributed by atoms with Crippen LogP contribution in [0.25, 0.3) is 5.69 Å². The lowest BCUT2D eigenvalue weighted by Crippen LogP contribution is -2.36. The SMILES string of the molecule is Cc1ccc([C@H]2[C@H](c3ccccn3)NC(=S)N2CCN(C)C)n1-c1ccccc1. The summed E-state index contributed by atoms with van der Waals surface area (Å²) in [6.45, 7) is 3.93. The van der Waals surface area contributed by atoms with Gasteiger partial charge in [0.15, 0.2) is 5.11 Å². The van der Waals surface area contributed by atoms with Gasteiger partial charge in [-0.25, -0.2) is 0 Å². The van der Waals surface area contributed by atoms with E-state index in [1.54, 1.807) is 0 Å². The first-order chi connectivity index (χ1) is 14.1. The van der Waals surface area contributed by atoms with Crippen LogP contribution in [0, 0.1) is 6.92 Å². The minimum atomic E-state index is 0.00243. The molecule has 6 heteroatoms. The molecule has 1 fully saturated rings. The highest BCUT2D eigenvalue weighted by atomic mass is 32.1. The second kappa shape index (κ2) is 8.35. The Morgan fingerprint density at radius 1 is 1.03 bits per heavy atom. The van der Waals surface area contributed by atoms with Gasteiger partial charge in [-0.2, -0.15) is 0 Å². The fourth-order valence-corrected chi connectivity index (χ4v) is 4.33. The van der Waals surface area contributed by atoms with Crippen LogP contribution in [-0.2, 0) is 0 Å². The summed E-state index contributed by atoms with van der Waals surface area (Å²) in [5.74, 6) is 0. The van der Waals surface area contributed by atoms with Gasteiger partial charge in [0.1, 0.15) is 0 Å². The van der Waals surface area contributed by atoms with E-state index in [1.165, 1.54) is 11.4 Å². The highest BCUT2D eigenvalue weighted by Gasteiger charge is 2.41. The van der Waals surface area contributed by atoms with Crippen molar-refractivity contribution < 1.29 is 0 Å². The van der Waals surface area contributed by atoms with Gasteiger partial charge >= 0.3 is 0 Å². The highest BCUT2D eigenvalue weighted by molar-refractivity contribution is 7.80. The maximum atomic E-state index is 5.77. The summed E-state index contributed by atoms with van der Waals surface area (Å²) in [5.41, 5.74) is 4.59. The van der Waals surface area contributed by atoms with Gasteiger partial charge < -0.3 is 19.7 Å². The average Bonchev–Trinajstić information content (AvgIpc) is 3.27. The molecule has 0 radical (unpaired) electrons. The molecule has 1 saturated heterocycles. The van der Waals surface area contributed by atoms with Crippen LogP contribution < -0.4 is 5.32 Å². The van der Waals surface area contributed by atoms with E-state index >= 15 is 0 Å². The smallest absolute Gasteiger partial charge is 0.170 e. The van der Waals surface area contributed by atoms with Crippen molar-refractivity contribution in [3.8, 4) is 5.69 Å². The summed E-state index contributed by atoms with van der Waals surface area (Å²) in [6.07, 6.45) is 1.85. The first-order valence-electron chi connectivity index (χ1n) is 9.92. The number of likely N-dealkylation sites (N-methyl/N-ethyl adjacent to an activating group) is 1. The number of para-hydroxylation sites is 1. The average molecular weight is 406 g/mol. The summed E-state index contributed by atoms with van der Waals surface area (Å²) in [7, 11) is 4.18. The lowest BCUT2D eigenvalue weighted by molar-refractivity contribution is 0.272. The minimum Gasteiger partial charge on any atom is -0.352 e. The minimum absolute atomic E-state index is 0.00243. The Labute approximate surface area is 178 Å². The number of benzene rings is 1. The first kappa shape index (κ1) is 19.6. The Bertz CT molecular complexity index is 967. The lowest BCUT2D eigenvalue weighted by Gasteiger charge is -2.30. The Hall–Kier alpha value is -2.70. The molecule has 2 atom stereocenters. The fourth-order valence-electron chi connectivity index (χ4n) is 3.99. The molecule has 3 aromatic rings. The van der Waals surface area contributed by atoms with Gasteiger partial charge in [0.2, 0.25) is 0 Å². The van der Waals surface area contributed by atoms with Gasteiger partial charge in [-0.1, -0.05) is 24.3 Å². The monoisotopic (exact) mass is 405 g/mol. The maximum absolute atomic E-state index is 5.77. The summed E-state index contributed by atoms with van der Waals surface area (Å²) in [4.78, 5) is 9.14. The van der Waals surface area contributed by atoms with E-state index in [0.717, 1.165) is 29.6 Å². The molecule has 150 valence electrons. The van der Waals surface area contributed by atoms with Crippen molar-refractivity contribution in [2.24, 2.45) is 0 Å². The molecule has 1 N–H and O–H groups in total. The molecule has 2 aromatic heterocycles. The van der Waals surface area contributed by atoms with E-state index in [9.17, 15) is 0 Å². The molecule has 0 amide bonds. The van der Waals surface area contributed by atoms with Gasteiger partial charge in [-0.15, -0.1) is 0 Å². The predicted molar refractivity (Wildman–Crippen MR) is 121 cm³/mol. The van der Waals surface area contributed by atoms with E-state index in [-0.39, 0.29) is 12.1 Å². The Morgan fingerprint density at radius 2 is 1.79 bits per heavy atom. The summed E-state index contributed by atoms with van der Waals surface area (Å²) < 4.78 is 2.33. The molecule has 29 heavy (non-hydrogen) atoms. The molecule has 1 aliphatic rings. The fraction of sp³-hybridized carbons (Fsp3) is 0.304. The molecule has 1 aliphatic heterocycles. The van der Waals surface area contributed by atoms with Crippen molar-refractivity contribution >= 4 is 17.3 Å². The molecule has 0 saturated carbocycles. The number of nitrogens with zero attached hydrogens (tertiary/aromatic N) is 4. The van der Waals surface area contributed by atoms with Crippen LogP contribution in [0.5, 0.6) is 0 Å². The normalized spacial score (nSPS) is 19.0. The third-order valence-electron chi connectivity index (χ3n) is 5.41. The second-order valence-electron chi connectivity index (χ2n) is 7.69. The molecule has 0 spiro atoms. The third-order valence-corrected chi connectivity index (χ3v) is 5.76.